The van der Waals surface area contributed by atoms with Crippen molar-refractivity contribution in [3.63, 3.8) is 0 Å². The zero-order valence-corrected chi connectivity index (χ0v) is 10.9. The molecule has 1 aromatic carbocycles. The van der Waals surface area contributed by atoms with Crippen molar-refractivity contribution in [3.05, 3.63) is 47.5 Å². The first-order valence-corrected chi connectivity index (χ1v) is 5.80. The SMILES string of the molecule is Cc1ccc(N(C)Cc2nccn2C)c(C#N)c1. The van der Waals surface area contributed by atoms with Crippen LogP contribution in [0.1, 0.15) is 17.0 Å². The Balaban J connectivity index is 2.27. The second-order valence-corrected chi connectivity index (χ2v) is 4.44. The lowest BCUT2D eigenvalue weighted by molar-refractivity contribution is 0.761. The summed E-state index contributed by atoms with van der Waals surface area (Å²) in [6, 6.07) is 8.15. The van der Waals surface area contributed by atoms with Crippen LogP contribution in [0.5, 0.6) is 0 Å². The highest BCUT2D eigenvalue weighted by Crippen LogP contribution is 2.21. The molecule has 0 aliphatic rings. The third-order valence-corrected chi connectivity index (χ3v) is 2.98. The predicted molar refractivity (Wildman–Crippen MR) is 71.2 cm³/mol. The van der Waals surface area contributed by atoms with Gasteiger partial charge in [0, 0.05) is 26.5 Å². The number of nitrogens with zero attached hydrogens (tertiary/aromatic N) is 4. The molecule has 0 unspecified atom stereocenters. The van der Waals surface area contributed by atoms with Crippen molar-refractivity contribution in [1.29, 1.82) is 5.26 Å². The summed E-state index contributed by atoms with van der Waals surface area (Å²) in [5.41, 5.74) is 2.73. The van der Waals surface area contributed by atoms with Crippen LogP contribution in [0.15, 0.2) is 30.6 Å². The molecular weight excluding hydrogens is 224 g/mol. The number of benzene rings is 1. The zero-order chi connectivity index (χ0) is 13.1. The van der Waals surface area contributed by atoms with Gasteiger partial charge < -0.3 is 9.47 Å². The molecule has 0 atom stereocenters. The first-order chi connectivity index (χ1) is 8.61. The highest BCUT2D eigenvalue weighted by Gasteiger charge is 2.10. The minimum absolute atomic E-state index is 0.682. The zero-order valence-electron chi connectivity index (χ0n) is 10.9. The Morgan fingerprint density at radius 1 is 1.44 bits per heavy atom. The summed E-state index contributed by atoms with van der Waals surface area (Å²) in [5, 5.41) is 9.17. The molecule has 4 heteroatoms. The van der Waals surface area contributed by atoms with Gasteiger partial charge in [-0.25, -0.2) is 4.98 Å². The number of imidazole rings is 1. The molecule has 92 valence electrons. The lowest BCUT2D eigenvalue weighted by atomic mass is 10.1. The minimum Gasteiger partial charge on any atom is -0.366 e. The van der Waals surface area contributed by atoms with Crippen LogP contribution in [0, 0.1) is 18.3 Å². The second-order valence-electron chi connectivity index (χ2n) is 4.44. The molecule has 0 aliphatic heterocycles. The lowest BCUT2D eigenvalue weighted by Gasteiger charge is -2.20. The molecule has 2 rings (SSSR count). The predicted octanol–water partition coefficient (Wildman–Crippen LogP) is 2.24. The van der Waals surface area contributed by atoms with E-state index in [0.29, 0.717) is 12.1 Å². The van der Waals surface area contributed by atoms with Crippen LogP contribution in [0.25, 0.3) is 0 Å². The van der Waals surface area contributed by atoms with Crippen LogP contribution in [-0.4, -0.2) is 16.6 Å². The molecule has 0 fully saturated rings. The van der Waals surface area contributed by atoms with Crippen LogP contribution >= 0.6 is 0 Å². The Bertz CT molecular complexity index is 592. The summed E-state index contributed by atoms with van der Waals surface area (Å²) in [4.78, 5) is 6.33. The average Bonchev–Trinajstić information content (AvgIpc) is 2.74. The van der Waals surface area contributed by atoms with E-state index in [9.17, 15) is 5.26 Å². The maximum Gasteiger partial charge on any atom is 0.127 e. The van der Waals surface area contributed by atoms with E-state index in [2.05, 4.69) is 11.1 Å². The van der Waals surface area contributed by atoms with Crippen molar-refractivity contribution in [3.8, 4) is 6.07 Å². The number of rotatable bonds is 3. The fourth-order valence-electron chi connectivity index (χ4n) is 1.92. The molecule has 0 amide bonds. The van der Waals surface area contributed by atoms with Crippen molar-refractivity contribution in [2.75, 3.05) is 11.9 Å². The third kappa shape index (κ3) is 2.35. The molecule has 0 N–H and O–H groups in total. The summed E-state index contributed by atoms with van der Waals surface area (Å²) in [6.45, 7) is 2.67. The summed E-state index contributed by atoms with van der Waals surface area (Å²) in [6.07, 6.45) is 3.70. The van der Waals surface area contributed by atoms with Gasteiger partial charge in [-0.1, -0.05) is 6.07 Å². The van der Waals surface area contributed by atoms with E-state index in [1.54, 1.807) is 6.20 Å². The van der Waals surface area contributed by atoms with Crippen molar-refractivity contribution in [2.24, 2.45) is 7.05 Å². The van der Waals surface area contributed by atoms with Gasteiger partial charge in [0.05, 0.1) is 17.8 Å². The number of aryl methyl sites for hydroxylation is 2. The molecule has 1 aromatic heterocycles. The molecule has 18 heavy (non-hydrogen) atoms. The van der Waals surface area contributed by atoms with E-state index < -0.39 is 0 Å². The summed E-state index contributed by atoms with van der Waals surface area (Å²) >= 11 is 0. The van der Waals surface area contributed by atoms with Crippen LogP contribution in [0.2, 0.25) is 0 Å². The normalized spacial score (nSPS) is 10.1. The van der Waals surface area contributed by atoms with Crippen molar-refractivity contribution >= 4 is 5.69 Å². The summed E-state index contributed by atoms with van der Waals surface area (Å²) in [7, 11) is 3.94. The van der Waals surface area contributed by atoms with Gasteiger partial charge >= 0.3 is 0 Å². The van der Waals surface area contributed by atoms with Crippen LogP contribution in [0.4, 0.5) is 5.69 Å². The van der Waals surface area contributed by atoms with Gasteiger partial charge in [-0.15, -0.1) is 0 Å². The standard InChI is InChI=1S/C14H16N4/c1-11-4-5-13(12(8-11)9-15)18(3)10-14-16-6-7-17(14)2/h4-8H,10H2,1-3H3. The van der Waals surface area contributed by atoms with Crippen LogP contribution < -0.4 is 4.90 Å². The van der Waals surface area contributed by atoms with Gasteiger partial charge in [-0.05, 0) is 24.6 Å². The van der Waals surface area contributed by atoms with E-state index >= 15 is 0 Å². The average molecular weight is 240 g/mol. The maximum atomic E-state index is 9.17. The highest BCUT2D eigenvalue weighted by atomic mass is 15.2. The number of anilines is 1. The number of aromatic nitrogens is 2. The first-order valence-electron chi connectivity index (χ1n) is 5.80. The fraction of sp³-hybridized carbons (Fsp3) is 0.286. The van der Waals surface area contributed by atoms with Crippen molar-refractivity contribution < 1.29 is 0 Å². The van der Waals surface area contributed by atoms with Gasteiger partial charge in [-0.3, -0.25) is 0 Å². The van der Waals surface area contributed by atoms with E-state index in [0.717, 1.165) is 17.1 Å². The molecule has 0 aliphatic carbocycles. The lowest BCUT2D eigenvalue weighted by Crippen LogP contribution is -2.20. The van der Waals surface area contributed by atoms with E-state index in [-0.39, 0.29) is 0 Å². The molecule has 2 aromatic rings. The van der Waals surface area contributed by atoms with E-state index in [1.165, 1.54) is 0 Å². The minimum atomic E-state index is 0.682. The van der Waals surface area contributed by atoms with Crippen LogP contribution in [0.3, 0.4) is 0 Å². The molecule has 1 heterocycles. The molecule has 0 bridgehead atoms. The molecule has 0 radical (unpaired) electrons. The quantitative estimate of drug-likeness (QED) is 0.826. The van der Waals surface area contributed by atoms with Gasteiger partial charge in [0.15, 0.2) is 0 Å². The Morgan fingerprint density at radius 2 is 2.22 bits per heavy atom. The third-order valence-electron chi connectivity index (χ3n) is 2.98. The number of nitriles is 1. The van der Waals surface area contributed by atoms with Crippen molar-refractivity contribution in [1.82, 2.24) is 9.55 Å². The molecule has 4 nitrogen and oxygen atoms in total. The summed E-state index contributed by atoms with van der Waals surface area (Å²) < 4.78 is 1.98. The largest absolute Gasteiger partial charge is 0.366 e. The monoisotopic (exact) mass is 240 g/mol. The second kappa shape index (κ2) is 4.92. The smallest absolute Gasteiger partial charge is 0.127 e. The summed E-state index contributed by atoms with van der Waals surface area (Å²) in [5.74, 6) is 0.974. The number of hydrogen-bond donors (Lipinski definition) is 0. The van der Waals surface area contributed by atoms with E-state index in [4.69, 9.17) is 0 Å². The van der Waals surface area contributed by atoms with E-state index in [1.807, 2.05) is 54.9 Å². The fourth-order valence-corrected chi connectivity index (χ4v) is 1.92. The van der Waals surface area contributed by atoms with Gasteiger partial charge in [-0.2, -0.15) is 5.26 Å². The molecule has 0 saturated carbocycles. The first kappa shape index (κ1) is 12.2. The Kier molecular flexibility index (Phi) is 3.33. The van der Waals surface area contributed by atoms with Crippen molar-refractivity contribution in [2.45, 2.75) is 13.5 Å². The molecule has 0 saturated heterocycles. The molecule has 0 spiro atoms. The maximum absolute atomic E-state index is 9.17. The van der Waals surface area contributed by atoms with Gasteiger partial charge in [0.1, 0.15) is 11.9 Å². The topological polar surface area (TPSA) is 44.9 Å². The number of hydrogen-bond acceptors (Lipinski definition) is 3. The van der Waals surface area contributed by atoms with Gasteiger partial charge in [0.25, 0.3) is 0 Å². The Labute approximate surface area is 107 Å². The highest BCUT2D eigenvalue weighted by molar-refractivity contribution is 5.59. The molecular formula is C14H16N4. The van der Waals surface area contributed by atoms with Gasteiger partial charge in [0.2, 0.25) is 0 Å². The Hall–Kier alpha value is -2.28. The van der Waals surface area contributed by atoms with Crippen LogP contribution in [-0.2, 0) is 13.6 Å². The Morgan fingerprint density at radius 3 is 2.83 bits per heavy atom.